The molecule has 3 aromatic heterocycles. The van der Waals surface area contributed by atoms with Crippen molar-refractivity contribution < 1.29 is 0 Å². The standard InChI is InChI=1S/C43H26N4S/c1-3-11-27(12-4-1)41-44-42(28-13-5-2-6-14-28)46-43(45-41)31-19-22-39-36(24-31)34-21-20-32(26-40(34)48-39)47-37-18-10-9-17-33(37)35-23-29-15-7-8-16-30(29)25-38(35)47/h1-26H. The van der Waals surface area contributed by atoms with E-state index >= 15 is 0 Å². The lowest BCUT2D eigenvalue weighted by Crippen LogP contribution is -2.00. The Morgan fingerprint density at radius 3 is 1.73 bits per heavy atom. The van der Waals surface area contributed by atoms with Crippen molar-refractivity contribution in [3.05, 3.63) is 158 Å². The highest BCUT2D eigenvalue weighted by Crippen LogP contribution is 2.40. The molecule has 0 radical (unpaired) electrons. The molecule has 0 N–H and O–H groups in total. The molecule has 0 aliphatic carbocycles. The van der Waals surface area contributed by atoms with Gasteiger partial charge in [0.2, 0.25) is 0 Å². The highest BCUT2D eigenvalue weighted by molar-refractivity contribution is 7.25. The number of hydrogen-bond donors (Lipinski definition) is 0. The zero-order valence-corrected chi connectivity index (χ0v) is 26.5. The molecule has 0 saturated carbocycles. The summed E-state index contributed by atoms with van der Waals surface area (Å²) in [7, 11) is 0. The summed E-state index contributed by atoms with van der Waals surface area (Å²) >= 11 is 1.82. The van der Waals surface area contributed by atoms with E-state index < -0.39 is 0 Å². The van der Waals surface area contributed by atoms with Crippen LogP contribution in [0.15, 0.2) is 158 Å². The van der Waals surface area contributed by atoms with Gasteiger partial charge in [0.15, 0.2) is 17.5 Å². The third-order valence-corrected chi connectivity index (χ3v) is 10.3. The fraction of sp³-hybridized carbons (Fsp3) is 0. The van der Waals surface area contributed by atoms with Gasteiger partial charge in [0.05, 0.1) is 11.0 Å². The molecule has 5 heteroatoms. The minimum Gasteiger partial charge on any atom is -0.309 e. The lowest BCUT2D eigenvalue weighted by atomic mass is 10.1. The third-order valence-electron chi connectivity index (χ3n) is 9.21. The molecule has 0 atom stereocenters. The van der Waals surface area contributed by atoms with Crippen LogP contribution >= 0.6 is 11.3 Å². The summed E-state index contributed by atoms with van der Waals surface area (Å²) in [4.78, 5) is 14.8. The van der Waals surface area contributed by atoms with Crippen LogP contribution in [0.4, 0.5) is 0 Å². The molecule has 0 aliphatic heterocycles. The van der Waals surface area contributed by atoms with Gasteiger partial charge in [0.1, 0.15) is 0 Å². The second-order valence-corrected chi connectivity index (χ2v) is 13.2. The molecule has 10 rings (SSSR count). The molecule has 224 valence electrons. The van der Waals surface area contributed by atoms with E-state index in [0.717, 1.165) is 22.4 Å². The SMILES string of the molecule is c1ccc(-c2nc(-c3ccccc3)nc(-c3ccc4sc5cc(-n6c7ccccc7c7cc8ccccc8cc76)ccc5c4c3)n2)cc1. The Balaban J connectivity index is 1.14. The molecular formula is C43H26N4S. The van der Waals surface area contributed by atoms with E-state index in [1.165, 1.54) is 52.8 Å². The van der Waals surface area contributed by atoms with Crippen molar-refractivity contribution in [3.8, 4) is 39.9 Å². The fourth-order valence-corrected chi connectivity index (χ4v) is 8.03. The van der Waals surface area contributed by atoms with E-state index in [4.69, 9.17) is 15.0 Å². The van der Waals surface area contributed by atoms with Gasteiger partial charge < -0.3 is 4.57 Å². The van der Waals surface area contributed by atoms with Gasteiger partial charge in [-0.2, -0.15) is 0 Å². The van der Waals surface area contributed by atoms with Crippen LogP contribution in [0.1, 0.15) is 0 Å². The van der Waals surface area contributed by atoms with Gasteiger partial charge in [0.25, 0.3) is 0 Å². The van der Waals surface area contributed by atoms with E-state index in [2.05, 4.69) is 102 Å². The predicted octanol–water partition coefficient (Wildman–Crippen LogP) is 11.5. The Morgan fingerprint density at radius 1 is 0.375 bits per heavy atom. The van der Waals surface area contributed by atoms with Crippen LogP contribution in [0.25, 0.3) is 92.6 Å². The van der Waals surface area contributed by atoms with Gasteiger partial charge in [0, 0.05) is 53.3 Å². The van der Waals surface area contributed by atoms with Gasteiger partial charge in [-0.3, -0.25) is 0 Å². The zero-order valence-electron chi connectivity index (χ0n) is 25.7. The molecule has 0 bridgehead atoms. The van der Waals surface area contributed by atoms with Crippen LogP contribution in [0.3, 0.4) is 0 Å². The summed E-state index contributed by atoms with van der Waals surface area (Å²) in [5, 5.41) is 7.47. The average molecular weight is 631 g/mol. The molecule has 0 spiro atoms. The first kappa shape index (κ1) is 27.0. The van der Waals surface area contributed by atoms with Crippen molar-refractivity contribution in [2.75, 3.05) is 0 Å². The van der Waals surface area contributed by atoms with Crippen molar-refractivity contribution in [1.29, 1.82) is 0 Å². The largest absolute Gasteiger partial charge is 0.309 e. The topological polar surface area (TPSA) is 43.6 Å². The predicted molar refractivity (Wildman–Crippen MR) is 201 cm³/mol. The molecular weight excluding hydrogens is 605 g/mol. The van der Waals surface area contributed by atoms with Crippen LogP contribution in [0.2, 0.25) is 0 Å². The van der Waals surface area contributed by atoms with E-state index in [1.54, 1.807) is 0 Å². The van der Waals surface area contributed by atoms with Crippen LogP contribution in [-0.2, 0) is 0 Å². The number of fused-ring (bicyclic) bond motifs is 7. The maximum absolute atomic E-state index is 4.98. The zero-order chi connectivity index (χ0) is 31.6. The number of aromatic nitrogens is 4. The van der Waals surface area contributed by atoms with E-state index in [9.17, 15) is 0 Å². The molecule has 0 fully saturated rings. The van der Waals surface area contributed by atoms with Crippen LogP contribution in [0.5, 0.6) is 0 Å². The molecule has 4 nitrogen and oxygen atoms in total. The Kier molecular flexibility index (Phi) is 6.01. The smallest absolute Gasteiger partial charge is 0.164 e. The summed E-state index contributed by atoms with van der Waals surface area (Å²) in [5.74, 6) is 2.00. The molecule has 3 heterocycles. The lowest BCUT2D eigenvalue weighted by molar-refractivity contribution is 1.07. The maximum atomic E-state index is 4.98. The first-order chi connectivity index (χ1) is 23.8. The van der Waals surface area contributed by atoms with Crippen LogP contribution in [-0.4, -0.2) is 19.5 Å². The summed E-state index contributed by atoms with van der Waals surface area (Å²) in [6.45, 7) is 0. The molecule has 7 aromatic carbocycles. The van der Waals surface area contributed by atoms with E-state index in [-0.39, 0.29) is 0 Å². The van der Waals surface area contributed by atoms with Gasteiger partial charge in [-0.15, -0.1) is 11.3 Å². The molecule has 10 aromatic rings. The normalized spacial score (nSPS) is 11.8. The average Bonchev–Trinajstić information content (AvgIpc) is 3.68. The quantitative estimate of drug-likeness (QED) is 0.194. The Bertz CT molecular complexity index is 2780. The number of rotatable bonds is 4. The fourth-order valence-electron chi connectivity index (χ4n) is 6.92. The van der Waals surface area contributed by atoms with Crippen molar-refractivity contribution in [3.63, 3.8) is 0 Å². The number of benzene rings is 7. The molecule has 48 heavy (non-hydrogen) atoms. The Labute approximate surface area is 280 Å². The van der Waals surface area contributed by atoms with Gasteiger partial charge in [-0.05, 0) is 59.3 Å². The van der Waals surface area contributed by atoms with E-state index in [0.29, 0.717) is 17.5 Å². The minimum absolute atomic E-state index is 0.665. The molecule has 0 unspecified atom stereocenters. The van der Waals surface area contributed by atoms with Crippen molar-refractivity contribution >= 4 is 64.1 Å². The van der Waals surface area contributed by atoms with Crippen molar-refractivity contribution in [1.82, 2.24) is 19.5 Å². The number of para-hydroxylation sites is 1. The molecule has 0 saturated heterocycles. The summed E-state index contributed by atoms with van der Waals surface area (Å²) in [6.07, 6.45) is 0. The monoisotopic (exact) mass is 630 g/mol. The highest BCUT2D eigenvalue weighted by Gasteiger charge is 2.17. The summed E-state index contributed by atoms with van der Waals surface area (Å²) < 4.78 is 4.89. The highest BCUT2D eigenvalue weighted by atomic mass is 32.1. The van der Waals surface area contributed by atoms with Crippen LogP contribution in [0, 0.1) is 0 Å². The van der Waals surface area contributed by atoms with Crippen molar-refractivity contribution in [2.24, 2.45) is 0 Å². The molecule has 0 amide bonds. The van der Waals surface area contributed by atoms with Crippen LogP contribution < -0.4 is 0 Å². The number of thiophene rings is 1. The van der Waals surface area contributed by atoms with Gasteiger partial charge in [-0.1, -0.05) is 109 Å². The third kappa shape index (κ3) is 4.33. The Hall–Kier alpha value is -6.17. The minimum atomic E-state index is 0.665. The molecule has 0 aliphatic rings. The van der Waals surface area contributed by atoms with Crippen molar-refractivity contribution in [2.45, 2.75) is 0 Å². The van der Waals surface area contributed by atoms with E-state index in [1.807, 2.05) is 72.0 Å². The second kappa shape index (κ2) is 10.7. The number of nitrogens with zero attached hydrogens (tertiary/aromatic N) is 4. The number of hydrogen-bond acceptors (Lipinski definition) is 4. The second-order valence-electron chi connectivity index (χ2n) is 12.1. The van der Waals surface area contributed by atoms with Gasteiger partial charge >= 0.3 is 0 Å². The Morgan fingerprint density at radius 2 is 1.00 bits per heavy atom. The maximum Gasteiger partial charge on any atom is 0.164 e. The first-order valence-corrected chi connectivity index (χ1v) is 16.8. The summed E-state index contributed by atoms with van der Waals surface area (Å²) in [5.41, 5.74) is 6.49. The lowest BCUT2D eigenvalue weighted by Gasteiger charge is -2.09. The summed E-state index contributed by atoms with van der Waals surface area (Å²) in [6, 6.07) is 55.7. The first-order valence-electron chi connectivity index (χ1n) is 16.0. The van der Waals surface area contributed by atoms with Gasteiger partial charge in [-0.25, -0.2) is 15.0 Å².